The molecule has 2 saturated heterocycles. The Morgan fingerprint density at radius 3 is 2.86 bits per heavy atom. The van der Waals surface area contributed by atoms with E-state index >= 15 is 0 Å². The zero-order chi connectivity index (χ0) is 14.5. The molecule has 0 radical (unpaired) electrons. The Bertz CT molecular complexity index is 689. The summed E-state index contributed by atoms with van der Waals surface area (Å²) in [5.74, 6) is 3.62. The van der Waals surface area contributed by atoms with E-state index in [2.05, 4.69) is 57.7 Å². The van der Waals surface area contributed by atoms with E-state index in [1.165, 1.54) is 60.5 Å². The van der Waals surface area contributed by atoms with Crippen molar-refractivity contribution in [3.8, 4) is 0 Å². The fraction of sp³-hybridized carbons (Fsp3) is 0.556. The third-order valence-electron chi connectivity index (χ3n) is 5.62. The van der Waals surface area contributed by atoms with Crippen LogP contribution in [0.4, 0.5) is 0 Å². The number of aromatic amines is 1. The highest BCUT2D eigenvalue weighted by Gasteiger charge is 2.38. The van der Waals surface area contributed by atoms with Crippen molar-refractivity contribution in [1.82, 2.24) is 9.88 Å². The van der Waals surface area contributed by atoms with Crippen molar-refractivity contribution in [2.45, 2.75) is 29.9 Å². The Morgan fingerprint density at radius 2 is 1.95 bits per heavy atom. The van der Waals surface area contributed by atoms with E-state index in [0.29, 0.717) is 6.04 Å². The number of para-hydroxylation sites is 1. The van der Waals surface area contributed by atoms with Crippen molar-refractivity contribution in [3.63, 3.8) is 0 Å². The summed E-state index contributed by atoms with van der Waals surface area (Å²) in [7, 11) is 0. The minimum absolute atomic E-state index is 0.636. The summed E-state index contributed by atoms with van der Waals surface area (Å²) in [4.78, 5) is 6.51. The molecule has 3 aliphatic heterocycles. The molecule has 4 heterocycles. The van der Waals surface area contributed by atoms with Crippen LogP contribution in [0.1, 0.15) is 30.1 Å². The van der Waals surface area contributed by atoms with Gasteiger partial charge in [0.05, 0.1) is 10.6 Å². The minimum atomic E-state index is 0.636. The number of aromatic nitrogens is 1. The maximum absolute atomic E-state index is 3.77. The van der Waals surface area contributed by atoms with Gasteiger partial charge in [-0.05, 0) is 43.4 Å². The molecule has 3 aliphatic rings. The number of fused-ring (bicyclic) bond motifs is 5. The molecule has 0 aliphatic carbocycles. The van der Waals surface area contributed by atoms with Gasteiger partial charge in [-0.15, -0.1) is 23.5 Å². The van der Waals surface area contributed by atoms with Crippen LogP contribution >= 0.6 is 23.5 Å². The van der Waals surface area contributed by atoms with Gasteiger partial charge in [0.25, 0.3) is 0 Å². The van der Waals surface area contributed by atoms with Crippen molar-refractivity contribution in [1.29, 1.82) is 0 Å². The number of hydrogen-bond donors (Lipinski definition) is 1. The molecule has 22 heavy (non-hydrogen) atoms. The van der Waals surface area contributed by atoms with Crippen molar-refractivity contribution in [2.75, 3.05) is 24.6 Å². The van der Waals surface area contributed by atoms with Crippen LogP contribution in [-0.4, -0.2) is 39.1 Å². The number of nitrogens with one attached hydrogen (secondary N) is 1. The molecule has 0 unspecified atom stereocenters. The monoisotopic (exact) mass is 330 g/mol. The van der Waals surface area contributed by atoms with E-state index in [9.17, 15) is 0 Å². The highest BCUT2D eigenvalue weighted by Crippen LogP contribution is 2.47. The van der Waals surface area contributed by atoms with Gasteiger partial charge in [-0.25, -0.2) is 0 Å². The maximum atomic E-state index is 3.77. The number of rotatable bonds is 1. The topological polar surface area (TPSA) is 19.0 Å². The summed E-state index contributed by atoms with van der Waals surface area (Å²) >= 11 is 4.42. The van der Waals surface area contributed by atoms with Crippen LogP contribution in [0, 0.1) is 5.92 Å². The molecule has 1 aromatic carbocycles. The Kier molecular flexibility index (Phi) is 3.46. The van der Waals surface area contributed by atoms with Crippen LogP contribution < -0.4 is 0 Å². The van der Waals surface area contributed by atoms with Crippen LogP contribution in [0.5, 0.6) is 0 Å². The van der Waals surface area contributed by atoms with Crippen molar-refractivity contribution in [2.24, 2.45) is 5.92 Å². The average molecular weight is 331 g/mol. The predicted octanol–water partition coefficient (Wildman–Crippen LogP) is 4.28. The second-order valence-corrected chi connectivity index (χ2v) is 9.56. The standard InChI is InChI=1S/C18H22N2S2/c1-2-4-15-13(3-1)14-6-8-20-7-5-12(18-21-9-10-22-18)11-16(20)17(14)19-15/h1-4,12,16,18-19H,5-11H2/t12-,16+/m1/s1. The van der Waals surface area contributed by atoms with Crippen LogP contribution in [0.2, 0.25) is 0 Å². The van der Waals surface area contributed by atoms with Gasteiger partial charge < -0.3 is 4.98 Å². The van der Waals surface area contributed by atoms with Crippen LogP contribution in [-0.2, 0) is 6.42 Å². The molecular weight excluding hydrogens is 308 g/mol. The number of H-pyrrole nitrogens is 1. The molecular formula is C18H22N2S2. The summed E-state index contributed by atoms with van der Waals surface area (Å²) in [6, 6.07) is 9.50. The predicted molar refractivity (Wildman–Crippen MR) is 97.7 cm³/mol. The Morgan fingerprint density at radius 1 is 1.09 bits per heavy atom. The van der Waals surface area contributed by atoms with Gasteiger partial charge in [-0.3, -0.25) is 4.90 Å². The lowest BCUT2D eigenvalue weighted by molar-refractivity contribution is 0.106. The Balaban J connectivity index is 1.50. The number of benzene rings is 1. The lowest BCUT2D eigenvalue weighted by atomic mass is 9.85. The second kappa shape index (κ2) is 5.50. The molecule has 2 aromatic rings. The van der Waals surface area contributed by atoms with Crippen LogP contribution in [0.15, 0.2) is 24.3 Å². The summed E-state index contributed by atoms with van der Waals surface area (Å²) in [5.41, 5.74) is 4.47. The third kappa shape index (κ3) is 2.15. The summed E-state index contributed by atoms with van der Waals surface area (Å²) in [6.07, 6.45) is 3.97. The van der Waals surface area contributed by atoms with Crippen molar-refractivity contribution < 1.29 is 0 Å². The summed E-state index contributed by atoms with van der Waals surface area (Å²) in [6.45, 7) is 2.54. The van der Waals surface area contributed by atoms with Gasteiger partial charge in [0.1, 0.15) is 0 Å². The normalized spacial score (nSPS) is 29.6. The van der Waals surface area contributed by atoms with Crippen molar-refractivity contribution in [3.05, 3.63) is 35.5 Å². The Labute approximate surface area is 140 Å². The molecule has 0 amide bonds. The van der Waals surface area contributed by atoms with Gasteiger partial charge in [-0.2, -0.15) is 0 Å². The summed E-state index contributed by atoms with van der Waals surface area (Å²) in [5, 5.41) is 1.46. The molecule has 116 valence electrons. The molecule has 1 aromatic heterocycles. The number of nitrogens with zero attached hydrogens (tertiary/aromatic N) is 1. The highest BCUT2D eigenvalue weighted by molar-refractivity contribution is 8.20. The minimum Gasteiger partial charge on any atom is -0.357 e. The molecule has 0 bridgehead atoms. The first-order valence-corrected chi connectivity index (χ1v) is 10.6. The van der Waals surface area contributed by atoms with Crippen LogP contribution in [0.25, 0.3) is 10.9 Å². The molecule has 2 fully saturated rings. The summed E-state index contributed by atoms with van der Waals surface area (Å²) < 4.78 is 0.858. The van der Waals surface area contributed by atoms with Gasteiger partial charge in [0.15, 0.2) is 0 Å². The smallest absolute Gasteiger partial charge is 0.0532 e. The van der Waals surface area contributed by atoms with E-state index in [4.69, 9.17) is 0 Å². The average Bonchev–Trinajstić information content (AvgIpc) is 3.22. The zero-order valence-corrected chi connectivity index (χ0v) is 14.4. The molecule has 0 saturated carbocycles. The first-order chi connectivity index (χ1) is 10.9. The fourth-order valence-corrected chi connectivity index (χ4v) is 7.77. The first kappa shape index (κ1) is 13.8. The van der Waals surface area contributed by atoms with Gasteiger partial charge in [0, 0.05) is 34.6 Å². The van der Waals surface area contributed by atoms with E-state index < -0.39 is 0 Å². The largest absolute Gasteiger partial charge is 0.357 e. The van der Waals surface area contributed by atoms with E-state index in [1.54, 1.807) is 5.56 Å². The zero-order valence-electron chi connectivity index (χ0n) is 12.8. The SMILES string of the molecule is c1ccc2c3c([nH]c2c1)[C@@H]1C[C@H](C2SCCS2)CCN1CC3. The second-order valence-electron chi connectivity index (χ2n) is 6.76. The number of piperidine rings is 1. The molecule has 2 nitrogen and oxygen atoms in total. The van der Waals surface area contributed by atoms with E-state index in [1.807, 2.05) is 0 Å². The Hall–Kier alpha value is -0.580. The molecule has 2 atom stereocenters. The first-order valence-electron chi connectivity index (χ1n) is 8.47. The fourth-order valence-electron chi connectivity index (χ4n) is 4.54. The lowest BCUT2D eigenvalue weighted by Crippen LogP contribution is -2.42. The van der Waals surface area contributed by atoms with E-state index in [-0.39, 0.29) is 0 Å². The van der Waals surface area contributed by atoms with Crippen LogP contribution in [0.3, 0.4) is 0 Å². The molecule has 1 N–H and O–H groups in total. The quantitative estimate of drug-likeness (QED) is 0.842. The number of hydrogen-bond acceptors (Lipinski definition) is 3. The maximum Gasteiger partial charge on any atom is 0.0532 e. The molecule has 4 heteroatoms. The third-order valence-corrected chi connectivity index (χ3v) is 9.00. The number of thioether (sulfide) groups is 2. The highest BCUT2D eigenvalue weighted by atomic mass is 32.2. The van der Waals surface area contributed by atoms with Gasteiger partial charge in [0.2, 0.25) is 0 Å². The van der Waals surface area contributed by atoms with Gasteiger partial charge >= 0.3 is 0 Å². The molecule has 0 spiro atoms. The lowest BCUT2D eigenvalue weighted by Gasteiger charge is -2.43. The van der Waals surface area contributed by atoms with Gasteiger partial charge in [-0.1, -0.05) is 18.2 Å². The van der Waals surface area contributed by atoms with Crippen molar-refractivity contribution >= 4 is 34.4 Å². The molecule has 5 rings (SSSR count). The van der Waals surface area contributed by atoms with E-state index in [0.717, 1.165) is 10.5 Å².